The first-order valence-electron chi connectivity index (χ1n) is 4.83. The van der Waals surface area contributed by atoms with Crippen molar-refractivity contribution < 1.29 is 13.9 Å². The second-order valence-electron chi connectivity index (χ2n) is 3.65. The Bertz CT molecular complexity index is 535. The lowest BCUT2D eigenvalue weighted by molar-refractivity contribution is 0.477. The minimum atomic E-state index is -0.918. The monoisotopic (exact) mass is 220 g/mol. The van der Waals surface area contributed by atoms with E-state index < -0.39 is 11.6 Å². The van der Waals surface area contributed by atoms with Crippen LogP contribution in [0.3, 0.4) is 0 Å². The van der Waals surface area contributed by atoms with Gasteiger partial charge in [0.1, 0.15) is 5.75 Å². The topological polar surface area (TPSA) is 20.2 Å². The third-order valence-electron chi connectivity index (χ3n) is 2.38. The Morgan fingerprint density at radius 2 is 1.69 bits per heavy atom. The van der Waals surface area contributed by atoms with Crippen LogP contribution in [0.5, 0.6) is 5.75 Å². The number of benzene rings is 2. The Hall–Kier alpha value is -1.90. The molecule has 0 aromatic heterocycles. The number of hydrogen-bond acceptors (Lipinski definition) is 1. The first-order chi connectivity index (χ1) is 7.58. The molecular formula is C13H10F2O. The molecule has 0 unspecified atom stereocenters. The van der Waals surface area contributed by atoms with E-state index in [0.717, 1.165) is 17.7 Å². The van der Waals surface area contributed by atoms with E-state index in [2.05, 4.69) is 0 Å². The summed E-state index contributed by atoms with van der Waals surface area (Å²) in [5.74, 6) is -1.76. The van der Waals surface area contributed by atoms with Crippen LogP contribution in [0.2, 0.25) is 0 Å². The molecule has 0 saturated carbocycles. The second kappa shape index (κ2) is 3.93. The molecule has 0 aliphatic rings. The minimum absolute atomic E-state index is 0.0524. The number of halogens is 2. The summed E-state index contributed by atoms with van der Waals surface area (Å²) < 4.78 is 25.8. The van der Waals surface area contributed by atoms with Crippen molar-refractivity contribution >= 4 is 0 Å². The highest BCUT2D eigenvalue weighted by molar-refractivity contribution is 5.70. The fraction of sp³-hybridized carbons (Fsp3) is 0.0769. The summed E-state index contributed by atoms with van der Waals surface area (Å²) in [5.41, 5.74) is 1.90. The van der Waals surface area contributed by atoms with E-state index in [1.165, 1.54) is 12.1 Å². The lowest BCUT2D eigenvalue weighted by Gasteiger charge is -2.06. The van der Waals surface area contributed by atoms with E-state index in [1.54, 1.807) is 12.1 Å². The molecule has 0 fully saturated rings. The van der Waals surface area contributed by atoms with Crippen molar-refractivity contribution in [1.82, 2.24) is 0 Å². The van der Waals surface area contributed by atoms with Gasteiger partial charge in [0.15, 0.2) is 11.6 Å². The zero-order chi connectivity index (χ0) is 11.7. The van der Waals surface area contributed by atoms with Gasteiger partial charge in [-0.05, 0) is 36.8 Å². The molecule has 2 rings (SSSR count). The van der Waals surface area contributed by atoms with Gasteiger partial charge in [-0.3, -0.25) is 0 Å². The zero-order valence-corrected chi connectivity index (χ0v) is 8.67. The molecule has 0 aliphatic carbocycles. The highest BCUT2D eigenvalue weighted by Crippen LogP contribution is 2.30. The number of phenols is 1. The maximum absolute atomic E-state index is 13.0. The van der Waals surface area contributed by atoms with Gasteiger partial charge >= 0.3 is 0 Å². The fourth-order valence-corrected chi connectivity index (χ4v) is 1.54. The van der Waals surface area contributed by atoms with Crippen molar-refractivity contribution in [3.8, 4) is 16.9 Å². The Morgan fingerprint density at radius 3 is 2.38 bits per heavy atom. The van der Waals surface area contributed by atoms with Crippen LogP contribution in [-0.2, 0) is 0 Å². The normalized spacial score (nSPS) is 10.4. The maximum atomic E-state index is 13.0. The van der Waals surface area contributed by atoms with E-state index >= 15 is 0 Å². The van der Waals surface area contributed by atoms with Gasteiger partial charge in [0.25, 0.3) is 0 Å². The zero-order valence-electron chi connectivity index (χ0n) is 8.67. The SMILES string of the molecule is Cc1ccc(O)c(-c2ccc(F)c(F)c2)c1. The molecule has 2 aromatic rings. The minimum Gasteiger partial charge on any atom is -0.507 e. The highest BCUT2D eigenvalue weighted by Gasteiger charge is 2.08. The first-order valence-corrected chi connectivity index (χ1v) is 4.83. The predicted octanol–water partition coefficient (Wildman–Crippen LogP) is 3.65. The van der Waals surface area contributed by atoms with Crippen molar-refractivity contribution in [3.63, 3.8) is 0 Å². The summed E-state index contributed by atoms with van der Waals surface area (Å²) in [6, 6.07) is 8.57. The summed E-state index contributed by atoms with van der Waals surface area (Å²) in [7, 11) is 0. The molecule has 0 spiro atoms. The second-order valence-corrected chi connectivity index (χ2v) is 3.65. The van der Waals surface area contributed by atoms with Crippen molar-refractivity contribution in [2.75, 3.05) is 0 Å². The predicted molar refractivity (Wildman–Crippen MR) is 58.2 cm³/mol. The first kappa shape index (κ1) is 10.6. The quantitative estimate of drug-likeness (QED) is 0.777. The van der Waals surface area contributed by atoms with Gasteiger partial charge in [-0.2, -0.15) is 0 Å². The van der Waals surface area contributed by atoms with E-state index in [4.69, 9.17) is 0 Å². The van der Waals surface area contributed by atoms with E-state index in [0.29, 0.717) is 11.1 Å². The van der Waals surface area contributed by atoms with Crippen LogP contribution in [0.4, 0.5) is 8.78 Å². The molecule has 82 valence electrons. The van der Waals surface area contributed by atoms with Gasteiger partial charge in [-0.25, -0.2) is 8.78 Å². The van der Waals surface area contributed by atoms with Crippen LogP contribution in [-0.4, -0.2) is 5.11 Å². The summed E-state index contributed by atoms with van der Waals surface area (Å²) in [6.45, 7) is 1.86. The standard InChI is InChI=1S/C13H10F2O/c1-8-2-5-13(16)10(6-8)9-3-4-11(14)12(15)7-9/h2-7,16H,1H3. The number of aromatic hydroxyl groups is 1. The molecular weight excluding hydrogens is 210 g/mol. The summed E-state index contributed by atoms with van der Waals surface area (Å²) >= 11 is 0. The average Bonchev–Trinajstić information content (AvgIpc) is 2.26. The molecule has 0 aliphatic heterocycles. The van der Waals surface area contributed by atoms with Crippen LogP contribution >= 0.6 is 0 Å². The largest absolute Gasteiger partial charge is 0.507 e. The molecule has 1 N–H and O–H groups in total. The summed E-state index contributed by atoms with van der Waals surface area (Å²) in [4.78, 5) is 0. The summed E-state index contributed by atoms with van der Waals surface area (Å²) in [5, 5.41) is 9.63. The van der Waals surface area contributed by atoms with Crippen LogP contribution in [0, 0.1) is 18.6 Å². The molecule has 3 heteroatoms. The third kappa shape index (κ3) is 1.89. The number of phenolic OH excluding ortho intramolecular Hbond substituents is 1. The maximum Gasteiger partial charge on any atom is 0.159 e. The van der Waals surface area contributed by atoms with Crippen LogP contribution in [0.1, 0.15) is 5.56 Å². The van der Waals surface area contributed by atoms with Gasteiger partial charge < -0.3 is 5.11 Å². The molecule has 0 radical (unpaired) electrons. The fourth-order valence-electron chi connectivity index (χ4n) is 1.54. The van der Waals surface area contributed by atoms with Crippen LogP contribution < -0.4 is 0 Å². The van der Waals surface area contributed by atoms with Crippen molar-refractivity contribution in [2.24, 2.45) is 0 Å². The van der Waals surface area contributed by atoms with E-state index in [-0.39, 0.29) is 5.75 Å². The van der Waals surface area contributed by atoms with Crippen LogP contribution in [0.25, 0.3) is 11.1 Å². The molecule has 0 bridgehead atoms. The Morgan fingerprint density at radius 1 is 0.938 bits per heavy atom. The number of aryl methyl sites for hydroxylation is 1. The molecule has 2 aromatic carbocycles. The molecule has 0 heterocycles. The molecule has 0 saturated heterocycles. The molecule has 0 amide bonds. The van der Waals surface area contributed by atoms with Crippen molar-refractivity contribution in [3.05, 3.63) is 53.6 Å². The van der Waals surface area contributed by atoms with Gasteiger partial charge in [0, 0.05) is 5.56 Å². The van der Waals surface area contributed by atoms with Crippen molar-refractivity contribution in [1.29, 1.82) is 0 Å². The van der Waals surface area contributed by atoms with Crippen molar-refractivity contribution in [2.45, 2.75) is 6.92 Å². The van der Waals surface area contributed by atoms with Gasteiger partial charge in [-0.15, -0.1) is 0 Å². The smallest absolute Gasteiger partial charge is 0.159 e. The van der Waals surface area contributed by atoms with E-state index in [9.17, 15) is 13.9 Å². The Balaban J connectivity index is 2.58. The van der Waals surface area contributed by atoms with Gasteiger partial charge in [0.05, 0.1) is 0 Å². The summed E-state index contributed by atoms with van der Waals surface area (Å²) in [6.07, 6.45) is 0. The average molecular weight is 220 g/mol. The van der Waals surface area contributed by atoms with E-state index in [1.807, 2.05) is 6.92 Å². The lowest BCUT2D eigenvalue weighted by atomic mass is 10.0. The molecule has 0 atom stereocenters. The Labute approximate surface area is 92.0 Å². The number of hydrogen-bond donors (Lipinski definition) is 1. The van der Waals surface area contributed by atoms with Gasteiger partial charge in [-0.1, -0.05) is 17.7 Å². The third-order valence-corrected chi connectivity index (χ3v) is 2.38. The Kier molecular flexibility index (Phi) is 2.60. The van der Waals surface area contributed by atoms with Crippen LogP contribution in [0.15, 0.2) is 36.4 Å². The van der Waals surface area contributed by atoms with Gasteiger partial charge in [0.2, 0.25) is 0 Å². The molecule has 16 heavy (non-hydrogen) atoms. The molecule has 1 nitrogen and oxygen atoms in total. The lowest BCUT2D eigenvalue weighted by Crippen LogP contribution is -1.86. The highest BCUT2D eigenvalue weighted by atomic mass is 19.2. The number of rotatable bonds is 1.